The molecule has 1 amide bonds. The molecular weight excluding hydrogens is 282 g/mol. The van der Waals surface area contributed by atoms with Crippen molar-refractivity contribution in [3.8, 4) is 0 Å². The molecule has 0 bridgehead atoms. The first kappa shape index (κ1) is 14.0. The van der Waals surface area contributed by atoms with Gasteiger partial charge < -0.3 is 16.8 Å². The molecule has 4 nitrogen and oxygen atoms in total. The lowest BCUT2D eigenvalue weighted by Crippen LogP contribution is -2.33. The van der Waals surface area contributed by atoms with E-state index in [-0.39, 0.29) is 18.4 Å². The molecule has 0 saturated carbocycles. The summed E-state index contributed by atoms with van der Waals surface area (Å²) in [5.74, 6) is -0.349. The van der Waals surface area contributed by atoms with Gasteiger partial charge in [-0.1, -0.05) is 15.9 Å². The molecule has 0 heterocycles. The van der Waals surface area contributed by atoms with Crippen molar-refractivity contribution in [2.75, 3.05) is 11.9 Å². The fraction of sp³-hybridized carbons (Fsp3) is 0.417. The normalized spacial score (nSPS) is 12.2. The maximum Gasteiger partial charge on any atom is 0.219 e. The Hall–Kier alpha value is -1.07. The standard InChI is InChI=1S/C12H18BrN3O/c1-7-3-9(4-8(2)12(7)13)16-10(6-14)5-11(15)17/h3-4,10,16H,5-6,14H2,1-2H3,(H2,15,17). The lowest BCUT2D eigenvalue weighted by atomic mass is 10.1. The summed E-state index contributed by atoms with van der Waals surface area (Å²) in [5.41, 5.74) is 14.0. The maximum absolute atomic E-state index is 10.9. The minimum absolute atomic E-state index is 0.118. The maximum atomic E-state index is 10.9. The van der Waals surface area contributed by atoms with Gasteiger partial charge in [0.1, 0.15) is 0 Å². The predicted molar refractivity (Wildman–Crippen MR) is 73.9 cm³/mol. The second kappa shape index (κ2) is 6.02. The summed E-state index contributed by atoms with van der Waals surface area (Å²) < 4.78 is 1.10. The smallest absolute Gasteiger partial charge is 0.219 e. The van der Waals surface area contributed by atoms with Crippen LogP contribution in [-0.4, -0.2) is 18.5 Å². The number of nitrogens with two attached hydrogens (primary N) is 2. The SMILES string of the molecule is Cc1cc(NC(CN)CC(N)=O)cc(C)c1Br. The zero-order chi connectivity index (χ0) is 13.0. The Bertz CT molecular complexity index is 397. The van der Waals surface area contributed by atoms with Gasteiger partial charge in [0.05, 0.1) is 0 Å². The second-order valence-electron chi connectivity index (χ2n) is 4.17. The molecule has 0 fully saturated rings. The van der Waals surface area contributed by atoms with Gasteiger partial charge in [-0.3, -0.25) is 4.79 Å². The number of hydrogen-bond donors (Lipinski definition) is 3. The van der Waals surface area contributed by atoms with E-state index in [1.165, 1.54) is 0 Å². The van der Waals surface area contributed by atoms with E-state index in [0.717, 1.165) is 21.3 Å². The Balaban J connectivity index is 2.83. The third-order valence-electron chi connectivity index (χ3n) is 2.54. The number of hydrogen-bond acceptors (Lipinski definition) is 3. The molecule has 0 aromatic heterocycles. The molecule has 0 aliphatic rings. The van der Waals surface area contributed by atoms with Gasteiger partial charge in [-0.15, -0.1) is 0 Å². The van der Waals surface area contributed by atoms with Gasteiger partial charge in [0.2, 0.25) is 5.91 Å². The third kappa shape index (κ3) is 4.02. The van der Waals surface area contributed by atoms with Crippen molar-refractivity contribution in [2.45, 2.75) is 26.3 Å². The van der Waals surface area contributed by atoms with E-state index in [0.29, 0.717) is 6.54 Å². The minimum atomic E-state index is -0.349. The Kier molecular flexibility index (Phi) is 4.96. The van der Waals surface area contributed by atoms with E-state index in [1.807, 2.05) is 26.0 Å². The van der Waals surface area contributed by atoms with E-state index >= 15 is 0 Å². The zero-order valence-corrected chi connectivity index (χ0v) is 11.7. The molecule has 0 radical (unpaired) electrons. The molecule has 94 valence electrons. The number of benzene rings is 1. The number of halogens is 1. The number of primary amides is 1. The van der Waals surface area contributed by atoms with Gasteiger partial charge in [0.25, 0.3) is 0 Å². The molecule has 0 aliphatic heterocycles. The monoisotopic (exact) mass is 299 g/mol. The number of amides is 1. The summed E-state index contributed by atoms with van der Waals surface area (Å²) >= 11 is 3.51. The van der Waals surface area contributed by atoms with Gasteiger partial charge >= 0.3 is 0 Å². The summed E-state index contributed by atoms with van der Waals surface area (Å²) in [7, 11) is 0. The fourth-order valence-corrected chi connectivity index (χ4v) is 1.93. The van der Waals surface area contributed by atoms with Crippen molar-refractivity contribution in [2.24, 2.45) is 11.5 Å². The average Bonchev–Trinajstić information content (AvgIpc) is 2.24. The molecule has 1 atom stereocenters. The van der Waals surface area contributed by atoms with Crippen LogP contribution in [0.25, 0.3) is 0 Å². The summed E-state index contributed by atoms with van der Waals surface area (Å²) in [6.45, 7) is 4.42. The van der Waals surface area contributed by atoms with Crippen LogP contribution in [0.5, 0.6) is 0 Å². The predicted octanol–water partition coefficient (Wildman–Crippen LogP) is 1.68. The molecule has 1 aromatic rings. The lowest BCUT2D eigenvalue weighted by molar-refractivity contribution is -0.118. The van der Waals surface area contributed by atoms with E-state index in [4.69, 9.17) is 11.5 Å². The first-order valence-corrected chi connectivity index (χ1v) is 6.25. The molecule has 1 rings (SSSR count). The van der Waals surface area contributed by atoms with Crippen LogP contribution in [0.2, 0.25) is 0 Å². The Morgan fingerprint density at radius 2 is 1.94 bits per heavy atom. The highest BCUT2D eigenvalue weighted by Crippen LogP contribution is 2.25. The van der Waals surface area contributed by atoms with Crippen molar-refractivity contribution in [3.63, 3.8) is 0 Å². The largest absolute Gasteiger partial charge is 0.381 e. The quantitative estimate of drug-likeness (QED) is 0.774. The molecule has 5 heteroatoms. The van der Waals surface area contributed by atoms with Crippen LogP contribution < -0.4 is 16.8 Å². The van der Waals surface area contributed by atoms with E-state index in [1.54, 1.807) is 0 Å². The molecule has 1 aromatic carbocycles. The highest BCUT2D eigenvalue weighted by molar-refractivity contribution is 9.10. The van der Waals surface area contributed by atoms with Crippen LogP contribution in [0.4, 0.5) is 5.69 Å². The van der Waals surface area contributed by atoms with E-state index in [2.05, 4.69) is 21.2 Å². The lowest BCUT2D eigenvalue weighted by Gasteiger charge is -2.18. The van der Waals surface area contributed by atoms with Crippen LogP contribution in [0, 0.1) is 13.8 Å². The van der Waals surface area contributed by atoms with Crippen molar-refractivity contribution in [1.82, 2.24) is 0 Å². The van der Waals surface area contributed by atoms with E-state index in [9.17, 15) is 4.79 Å². The van der Waals surface area contributed by atoms with Crippen molar-refractivity contribution < 1.29 is 4.79 Å². The summed E-state index contributed by atoms with van der Waals surface area (Å²) in [5, 5.41) is 3.22. The minimum Gasteiger partial charge on any atom is -0.381 e. The fourth-order valence-electron chi connectivity index (χ4n) is 1.70. The molecule has 1 unspecified atom stereocenters. The number of nitrogens with one attached hydrogen (secondary N) is 1. The van der Waals surface area contributed by atoms with Crippen LogP contribution in [0.1, 0.15) is 17.5 Å². The number of rotatable bonds is 5. The molecule has 0 aliphatic carbocycles. The summed E-state index contributed by atoms with van der Waals surface area (Å²) in [6.07, 6.45) is 0.241. The molecular formula is C12H18BrN3O. The number of carbonyl (C=O) groups is 1. The van der Waals surface area contributed by atoms with Crippen LogP contribution in [-0.2, 0) is 4.79 Å². The summed E-state index contributed by atoms with van der Waals surface area (Å²) in [6, 6.07) is 3.91. The van der Waals surface area contributed by atoms with Gasteiger partial charge in [-0.2, -0.15) is 0 Å². The Labute approximate surface area is 110 Å². The zero-order valence-electron chi connectivity index (χ0n) is 10.1. The van der Waals surface area contributed by atoms with Gasteiger partial charge in [-0.05, 0) is 37.1 Å². The van der Waals surface area contributed by atoms with E-state index < -0.39 is 0 Å². The van der Waals surface area contributed by atoms with Crippen molar-refractivity contribution in [1.29, 1.82) is 0 Å². The molecule has 5 N–H and O–H groups in total. The van der Waals surface area contributed by atoms with Gasteiger partial charge in [0, 0.05) is 29.2 Å². The van der Waals surface area contributed by atoms with Crippen LogP contribution >= 0.6 is 15.9 Å². The van der Waals surface area contributed by atoms with Crippen molar-refractivity contribution >= 4 is 27.5 Å². The first-order chi connectivity index (χ1) is 7.93. The molecule has 0 saturated heterocycles. The Morgan fingerprint density at radius 1 is 1.41 bits per heavy atom. The first-order valence-electron chi connectivity index (χ1n) is 5.45. The number of carbonyl (C=O) groups excluding carboxylic acids is 1. The molecule has 0 spiro atoms. The summed E-state index contributed by atoms with van der Waals surface area (Å²) in [4.78, 5) is 10.9. The number of aryl methyl sites for hydroxylation is 2. The number of anilines is 1. The third-order valence-corrected chi connectivity index (χ3v) is 3.79. The topological polar surface area (TPSA) is 81.1 Å². The molecule has 17 heavy (non-hydrogen) atoms. The second-order valence-corrected chi connectivity index (χ2v) is 4.96. The average molecular weight is 300 g/mol. The van der Waals surface area contributed by atoms with Crippen LogP contribution in [0.15, 0.2) is 16.6 Å². The Morgan fingerprint density at radius 3 is 2.35 bits per heavy atom. The highest BCUT2D eigenvalue weighted by Gasteiger charge is 2.11. The van der Waals surface area contributed by atoms with Gasteiger partial charge in [-0.25, -0.2) is 0 Å². The highest BCUT2D eigenvalue weighted by atomic mass is 79.9. The van der Waals surface area contributed by atoms with Gasteiger partial charge in [0.15, 0.2) is 0 Å². The van der Waals surface area contributed by atoms with Crippen LogP contribution in [0.3, 0.4) is 0 Å². The van der Waals surface area contributed by atoms with Crippen molar-refractivity contribution in [3.05, 3.63) is 27.7 Å².